The standard InChI is InChI=1S/C16H12BrFN4O2S/c1-21(2)6-4-12-14(22(23)24)8-13(18)16(15(12)17)25-11-3-5-20-10(7-11)9-19/h3-8H,1-2H3/b6-4+. The van der Waals surface area contributed by atoms with Gasteiger partial charge in [0.25, 0.3) is 5.69 Å². The molecular formula is C16H12BrFN4O2S. The SMILES string of the molecule is CN(C)/C=C/c1c([N+](=O)[O-])cc(F)c(Sc2ccnc(C#N)c2)c1Br. The van der Waals surface area contributed by atoms with Gasteiger partial charge in [0.1, 0.15) is 17.6 Å². The molecule has 6 nitrogen and oxygen atoms in total. The largest absolute Gasteiger partial charge is 0.383 e. The van der Waals surface area contributed by atoms with Crippen LogP contribution in [0.15, 0.2) is 44.9 Å². The number of nitriles is 1. The summed E-state index contributed by atoms with van der Waals surface area (Å²) in [5.74, 6) is -0.721. The van der Waals surface area contributed by atoms with E-state index in [1.807, 2.05) is 6.07 Å². The van der Waals surface area contributed by atoms with Crippen molar-refractivity contribution in [1.29, 1.82) is 5.26 Å². The van der Waals surface area contributed by atoms with Crippen molar-refractivity contribution >= 4 is 39.5 Å². The Kier molecular flexibility index (Phi) is 6.12. The number of hydrogen-bond donors (Lipinski definition) is 0. The predicted molar refractivity (Wildman–Crippen MR) is 96.6 cm³/mol. The smallest absolute Gasteiger partial charge is 0.280 e. The molecule has 0 aliphatic rings. The molecule has 25 heavy (non-hydrogen) atoms. The molecule has 0 fully saturated rings. The highest BCUT2D eigenvalue weighted by Crippen LogP contribution is 2.41. The lowest BCUT2D eigenvalue weighted by Gasteiger charge is -2.11. The Morgan fingerprint density at radius 3 is 2.80 bits per heavy atom. The van der Waals surface area contributed by atoms with E-state index in [1.165, 1.54) is 12.3 Å². The predicted octanol–water partition coefficient (Wildman–Crippen LogP) is 4.45. The second-order valence-electron chi connectivity index (χ2n) is 5.06. The Bertz CT molecular complexity index is 896. The molecular weight excluding hydrogens is 411 g/mol. The number of rotatable bonds is 5. The fraction of sp³-hybridized carbons (Fsp3) is 0.125. The van der Waals surface area contributed by atoms with Gasteiger partial charge in [0.2, 0.25) is 0 Å². The van der Waals surface area contributed by atoms with Crippen LogP contribution in [0.4, 0.5) is 10.1 Å². The van der Waals surface area contributed by atoms with E-state index in [0.29, 0.717) is 4.90 Å². The number of pyridine rings is 1. The first-order valence-electron chi connectivity index (χ1n) is 6.88. The quantitative estimate of drug-likeness (QED) is 0.522. The van der Waals surface area contributed by atoms with Crippen molar-refractivity contribution in [3.63, 3.8) is 0 Å². The summed E-state index contributed by atoms with van der Waals surface area (Å²) in [6, 6.07) is 5.97. The maximum Gasteiger partial charge on any atom is 0.280 e. The zero-order chi connectivity index (χ0) is 18.6. The minimum Gasteiger partial charge on any atom is -0.383 e. The van der Waals surface area contributed by atoms with Crippen LogP contribution in [0.1, 0.15) is 11.3 Å². The fourth-order valence-electron chi connectivity index (χ4n) is 1.88. The summed E-state index contributed by atoms with van der Waals surface area (Å²) < 4.78 is 14.7. The molecule has 1 aromatic heterocycles. The van der Waals surface area contributed by atoms with E-state index in [0.717, 1.165) is 17.8 Å². The molecule has 2 rings (SSSR count). The zero-order valence-electron chi connectivity index (χ0n) is 13.2. The molecule has 0 N–H and O–H groups in total. The molecule has 0 aliphatic heterocycles. The first-order valence-corrected chi connectivity index (χ1v) is 8.49. The number of nitro groups is 1. The fourth-order valence-corrected chi connectivity index (χ4v) is 3.54. The van der Waals surface area contributed by atoms with E-state index in [9.17, 15) is 14.5 Å². The van der Waals surface area contributed by atoms with Gasteiger partial charge in [-0.25, -0.2) is 9.37 Å². The van der Waals surface area contributed by atoms with Gasteiger partial charge in [0.05, 0.1) is 21.4 Å². The van der Waals surface area contributed by atoms with Gasteiger partial charge >= 0.3 is 0 Å². The number of nitrogens with zero attached hydrogens (tertiary/aromatic N) is 4. The van der Waals surface area contributed by atoms with Gasteiger partial charge in [0, 0.05) is 29.7 Å². The molecule has 0 atom stereocenters. The lowest BCUT2D eigenvalue weighted by molar-refractivity contribution is -0.385. The molecule has 9 heteroatoms. The number of benzene rings is 1. The molecule has 0 saturated carbocycles. The molecule has 1 aromatic carbocycles. The Hall–Kier alpha value is -2.44. The van der Waals surface area contributed by atoms with E-state index < -0.39 is 10.7 Å². The molecule has 0 radical (unpaired) electrons. The third-order valence-corrected chi connectivity index (χ3v) is 5.17. The van der Waals surface area contributed by atoms with E-state index in [4.69, 9.17) is 5.26 Å². The zero-order valence-corrected chi connectivity index (χ0v) is 15.6. The van der Waals surface area contributed by atoms with Crippen molar-refractivity contribution in [1.82, 2.24) is 9.88 Å². The minimum absolute atomic E-state index is 0.194. The molecule has 0 saturated heterocycles. The third-order valence-electron chi connectivity index (χ3n) is 2.99. The molecule has 0 unspecified atom stereocenters. The monoisotopic (exact) mass is 422 g/mol. The van der Waals surface area contributed by atoms with Crippen molar-refractivity contribution in [2.24, 2.45) is 0 Å². The summed E-state index contributed by atoms with van der Waals surface area (Å²) in [5, 5.41) is 20.2. The van der Waals surface area contributed by atoms with Crippen LogP contribution in [0.3, 0.4) is 0 Å². The molecule has 0 spiro atoms. The maximum atomic E-state index is 14.4. The highest BCUT2D eigenvalue weighted by atomic mass is 79.9. The van der Waals surface area contributed by atoms with E-state index in [1.54, 1.807) is 37.3 Å². The van der Waals surface area contributed by atoms with Crippen molar-refractivity contribution in [3.05, 3.63) is 62.3 Å². The van der Waals surface area contributed by atoms with Crippen LogP contribution in [0.2, 0.25) is 0 Å². The molecule has 0 amide bonds. The van der Waals surface area contributed by atoms with Crippen LogP contribution in [-0.2, 0) is 0 Å². The average molecular weight is 423 g/mol. The minimum atomic E-state index is -0.721. The summed E-state index contributed by atoms with van der Waals surface area (Å²) in [6.45, 7) is 0. The summed E-state index contributed by atoms with van der Waals surface area (Å²) in [5.41, 5.74) is 0.132. The molecule has 1 heterocycles. The number of halogens is 2. The molecule has 128 valence electrons. The highest BCUT2D eigenvalue weighted by Gasteiger charge is 2.23. The normalized spacial score (nSPS) is 10.7. The van der Waals surface area contributed by atoms with Gasteiger partial charge in [-0.1, -0.05) is 11.8 Å². The van der Waals surface area contributed by atoms with E-state index >= 15 is 0 Å². The van der Waals surface area contributed by atoms with Gasteiger partial charge in [-0.3, -0.25) is 10.1 Å². The third kappa shape index (κ3) is 4.55. The molecule has 2 aromatic rings. The van der Waals surface area contributed by atoms with E-state index in [2.05, 4.69) is 20.9 Å². The van der Waals surface area contributed by atoms with Crippen LogP contribution in [0.5, 0.6) is 0 Å². The number of nitro benzene ring substituents is 1. The molecule has 0 bridgehead atoms. The van der Waals surface area contributed by atoms with Crippen molar-refractivity contribution in [2.45, 2.75) is 9.79 Å². The first kappa shape index (κ1) is 18.9. The van der Waals surface area contributed by atoms with Crippen LogP contribution < -0.4 is 0 Å². The van der Waals surface area contributed by atoms with Crippen molar-refractivity contribution in [3.8, 4) is 6.07 Å². The second-order valence-corrected chi connectivity index (χ2v) is 6.94. The van der Waals surface area contributed by atoms with Crippen molar-refractivity contribution < 1.29 is 9.31 Å². The topological polar surface area (TPSA) is 83.1 Å². The lowest BCUT2D eigenvalue weighted by Crippen LogP contribution is -2.01. The van der Waals surface area contributed by atoms with Gasteiger partial charge in [-0.2, -0.15) is 5.26 Å². The second kappa shape index (κ2) is 8.09. The van der Waals surface area contributed by atoms with Crippen LogP contribution in [0, 0.1) is 27.3 Å². The Balaban J connectivity index is 2.56. The van der Waals surface area contributed by atoms with Gasteiger partial charge in [0.15, 0.2) is 0 Å². The summed E-state index contributed by atoms with van der Waals surface area (Å²) in [6.07, 6.45) is 4.63. The maximum absolute atomic E-state index is 14.4. The van der Waals surface area contributed by atoms with Crippen molar-refractivity contribution in [2.75, 3.05) is 14.1 Å². The first-order chi connectivity index (χ1) is 11.8. The average Bonchev–Trinajstić information content (AvgIpc) is 2.57. The van der Waals surface area contributed by atoms with E-state index in [-0.39, 0.29) is 26.3 Å². The Morgan fingerprint density at radius 2 is 2.20 bits per heavy atom. The lowest BCUT2D eigenvalue weighted by atomic mass is 10.1. The van der Waals surface area contributed by atoms with Gasteiger partial charge in [-0.05, 0) is 40.3 Å². The highest BCUT2D eigenvalue weighted by molar-refractivity contribution is 9.10. The number of hydrogen-bond acceptors (Lipinski definition) is 6. The summed E-state index contributed by atoms with van der Waals surface area (Å²) >= 11 is 4.33. The van der Waals surface area contributed by atoms with Crippen LogP contribution in [-0.4, -0.2) is 28.9 Å². The summed E-state index contributed by atoms with van der Waals surface area (Å²) in [4.78, 5) is 17.0. The Morgan fingerprint density at radius 1 is 1.48 bits per heavy atom. The summed E-state index contributed by atoms with van der Waals surface area (Å²) in [7, 11) is 3.55. The van der Waals surface area contributed by atoms with Crippen LogP contribution >= 0.6 is 27.7 Å². The Labute approximate surface area is 156 Å². The van der Waals surface area contributed by atoms with Gasteiger partial charge < -0.3 is 4.90 Å². The van der Waals surface area contributed by atoms with Gasteiger partial charge in [-0.15, -0.1) is 0 Å². The van der Waals surface area contributed by atoms with Crippen LogP contribution in [0.25, 0.3) is 6.08 Å². The molecule has 0 aliphatic carbocycles. The number of aromatic nitrogens is 1.